The fourth-order valence-electron chi connectivity index (χ4n) is 3.81. The molecule has 134 valence electrons. The van der Waals surface area contributed by atoms with E-state index in [0.717, 1.165) is 57.8 Å². The standard InChI is InChI=1S/C18H26ClFN2O2/c1-2-24-18-15(19)11-14(12-16(18)20)17(13-3-9-23-10-4-13)22-7-5-21-6-8-22/h11-13,17,21H,2-10H2,1H3/t17-/m0/s1. The van der Waals surface area contributed by atoms with Crippen LogP contribution in [0.25, 0.3) is 0 Å². The number of halogens is 2. The van der Waals surface area contributed by atoms with E-state index in [4.69, 9.17) is 21.1 Å². The highest BCUT2D eigenvalue weighted by atomic mass is 35.5. The van der Waals surface area contributed by atoms with Crippen LogP contribution in [0.15, 0.2) is 12.1 Å². The van der Waals surface area contributed by atoms with Crippen molar-refractivity contribution in [3.8, 4) is 5.75 Å². The summed E-state index contributed by atoms with van der Waals surface area (Å²) in [6, 6.07) is 3.68. The Labute approximate surface area is 148 Å². The molecule has 1 atom stereocenters. The normalized spacial score (nSPS) is 21.6. The van der Waals surface area contributed by atoms with Gasteiger partial charge in [-0.1, -0.05) is 11.6 Å². The zero-order valence-corrected chi connectivity index (χ0v) is 14.9. The summed E-state index contributed by atoms with van der Waals surface area (Å²) in [6.45, 7) is 7.65. The fourth-order valence-corrected chi connectivity index (χ4v) is 4.08. The molecule has 1 aromatic rings. The van der Waals surface area contributed by atoms with Crippen molar-refractivity contribution in [3.05, 3.63) is 28.5 Å². The number of benzene rings is 1. The van der Waals surface area contributed by atoms with Gasteiger partial charge in [-0.15, -0.1) is 0 Å². The summed E-state index contributed by atoms with van der Waals surface area (Å²) >= 11 is 6.31. The summed E-state index contributed by atoms with van der Waals surface area (Å²) in [4.78, 5) is 2.46. The van der Waals surface area contributed by atoms with E-state index in [1.165, 1.54) is 0 Å². The van der Waals surface area contributed by atoms with Gasteiger partial charge in [0.1, 0.15) is 0 Å². The minimum atomic E-state index is -0.369. The third-order valence-electron chi connectivity index (χ3n) is 4.91. The van der Waals surface area contributed by atoms with Gasteiger partial charge < -0.3 is 14.8 Å². The third-order valence-corrected chi connectivity index (χ3v) is 5.19. The van der Waals surface area contributed by atoms with Crippen molar-refractivity contribution in [1.29, 1.82) is 0 Å². The van der Waals surface area contributed by atoms with E-state index in [9.17, 15) is 4.39 Å². The Hall–Kier alpha value is -0.880. The van der Waals surface area contributed by atoms with Gasteiger partial charge >= 0.3 is 0 Å². The van der Waals surface area contributed by atoms with Crippen LogP contribution in [0.3, 0.4) is 0 Å². The zero-order valence-electron chi connectivity index (χ0n) is 14.2. The lowest BCUT2D eigenvalue weighted by atomic mass is 9.85. The van der Waals surface area contributed by atoms with Crippen LogP contribution in [0.2, 0.25) is 5.02 Å². The van der Waals surface area contributed by atoms with E-state index < -0.39 is 0 Å². The van der Waals surface area contributed by atoms with Gasteiger partial charge in [0.2, 0.25) is 0 Å². The second-order valence-corrected chi connectivity index (χ2v) is 6.83. The Morgan fingerprint density at radius 3 is 2.67 bits per heavy atom. The lowest BCUT2D eigenvalue weighted by Crippen LogP contribution is -2.47. The van der Waals surface area contributed by atoms with Crippen LogP contribution in [-0.2, 0) is 4.74 Å². The van der Waals surface area contributed by atoms with E-state index in [2.05, 4.69) is 10.2 Å². The molecule has 0 amide bonds. The van der Waals surface area contributed by atoms with Gasteiger partial charge in [-0.3, -0.25) is 4.90 Å². The van der Waals surface area contributed by atoms with Crippen molar-refractivity contribution in [2.24, 2.45) is 5.92 Å². The maximum Gasteiger partial charge on any atom is 0.173 e. The van der Waals surface area contributed by atoms with E-state index >= 15 is 0 Å². The number of nitrogens with one attached hydrogen (secondary N) is 1. The van der Waals surface area contributed by atoms with Gasteiger partial charge in [0.25, 0.3) is 0 Å². The number of piperazine rings is 1. The largest absolute Gasteiger partial charge is 0.489 e. The van der Waals surface area contributed by atoms with Crippen molar-refractivity contribution < 1.29 is 13.9 Å². The average molecular weight is 357 g/mol. The van der Waals surface area contributed by atoms with E-state index in [1.54, 1.807) is 6.07 Å². The third kappa shape index (κ3) is 4.02. The highest BCUT2D eigenvalue weighted by molar-refractivity contribution is 6.32. The molecule has 0 aliphatic carbocycles. The maximum absolute atomic E-state index is 14.5. The SMILES string of the molecule is CCOc1c(F)cc([C@H](C2CCOCC2)N2CCNCC2)cc1Cl. The van der Waals surface area contributed by atoms with Crippen LogP contribution in [0, 0.1) is 11.7 Å². The molecule has 1 N–H and O–H groups in total. The van der Waals surface area contributed by atoms with Crippen molar-refractivity contribution in [1.82, 2.24) is 10.2 Å². The molecule has 0 radical (unpaired) electrons. The summed E-state index contributed by atoms with van der Waals surface area (Å²) in [6.07, 6.45) is 2.00. The van der Waals surface area contributed by atoms with Crippen LogP contribution < -0.4 is 10.1 Å². The lowest BCUT2D eigenvalue weighted by molar-refractivity contribution is 0.0212. The van der Waals surface area contributed by atoms with Gasteiger partial charge in [0.05, 0.1) is 11.6 Å². The molecular weight excluding hydrogens is 331 g/mol. The molecule has 0 unspecified atom stereocenters. The van der Waals surface area contributed by atoms with Gasteiger partial charge in [-0.2, -0.15) is 0 Å². The Bertz CT molecular complexity index is 505. The number of rotatable bonds is 5. The van der Waals surface area contributed by atoms with Gasteiger partial charge in [0.15, 0.2) is 11.6 Å². The minimum absolute atomic E-state index is 0.161. The predicted molar refractivity (Wildman–Crippen MR) is 93.3 cm³/mol. The molecule has 2 fully saturated rings. The first kappa shape index (κ1) is 17.9. The number of hydrogen-bond donors (Lipinski definition) is 1. The highest BCUT2D eigenvalue weighted by Crippen LogP contribution is 2.39. The van der Waals surface area contributed by atoms with Crippen LogP contribution in [-0.4, -0.2) is 50.9 Å². The van der Waals surface area contributed by atoms with Gasteiger partial charge in [-0.05, 0) is 43.4 Å². The smallest absolute Gasteiger partial charge is 0.173 e. The van der Waals surface area contributed by atoms with Crippen molar-refractivity contribution in [2.75, 3.05) is 46.0 Å². The summed E-state index contributed by atoms with van der Waals surface area (Å²) in [7, 11) is 0. The zero-order chi connectivity index (χ0) is 16.9. The predicted octanol–water partition coefficient (Wildman–Crippen LogP) is 3.25. The molecule has 0 spiro atoms. The summed E-state index contributed by atoms with van der Waals surface area (Å²) in [5, 5.41) is 3.75. The highest BCUT2D eigenvalue weighted by Gasteiger charge is 2.32. The first-order valence-electron chi connectivity index (χ1n) is 8.85. The summed E-state index contributed by atoms with van der Waals surface area (Å²) in [5.41, 5.74) is 0.953. The van der Waals surface area contributed by atoms with Gasteiger partial charge in [0, 0.05) is 45.4 Å². The number of nitrogens with zero attached hydrogens (tertiary/aromatic N) is 1. The van der Waals surface area contributed by atoms with Crippen LogP contribution in [0.1, 0.15) is 31.4 Å². The second kappa shape index (κ2) is 8.48. The Morgan fingerprint density at radius 1 is 1.33 bits per heavy atom. The van der Waals surface area contributed by atoms with Crippen molar-refractivity contribution in [3.63, 3.8) is 0 Å². The fraction of sp³-hybridized carbons (Fsp3) is 0.667. The molecule has 3 rings (SSSR count). The Kier molecular flexibility index (Phi) is 6.33. The van der Waals surface area contributed by atoms with Crippen molar-refractivity contribution >= 4 is 11.6 Å². The molecule has 2 aliphatic heterocycles. The molecule has 4 nitrogen and oxygen atoms in total. The summed E-state index contributed by atoms with van der Waals surface area (Å²) < 4.78 is 25.4. The number of ether oxygens (including phenoxy) is 2. The molecule has 0 bridgehead atoms. The summed E-state index contributed by atoms with van der Waals surface area (Å²) in [5.74, 6) is 0.255. The van der Waals surface area contributed by atoms with E-state index in [-0.39, 0.29) is 17.6 Å². The molecule has 6 heteroatoms. The number of hydrogen-bond acceptors (Lipinski definition) is 4. The molecule has 2 heterocycles. The average Bonchev–Trinajstić information content (AvgIpc) is 2.60. The van der Waals surface area contributed by atoms with Crippen LogP contribution in [0.5, 0.6) is 5.75 Å². The first-order chi connectivity index (χ1) is 11.7. The molecular formula is C18H26ClFN2O2. The first-order valence-corrected chi connectivity index (χ1v) is 9.22. The molecule has 2 aliphatic rings. The quantitative estimate of drug-likeness (QED) is 0.878. The lowest BCUT2D eigenvalue weighted by Gasteiger charge is -2.41. The van der Waals surface area contributed by atoms with E-state index in [1.807, 2.05) is 13.0 Å². The molecule has 2 saturated heterocycles. The molecule has 24 heavy (non-hydrogen) atoms. The Morgan fingerprint density at radius 2 is 2.04 bits per heavy atom. The topological polar surface area (TPSA) is 33.7 Å². The minimum Gasteiger partial charge on any atom is -0.489 e. The molecule has 0 aromatic heterocycles. The van der Waals surface area contributed by atoms with E-state index in [0.29, 0.717) is 17.5 Å². The van der Waals surface area contributed by atoms with Crippen LogP contribution >= 0.6 is 11.6 Å². The van der Waals surface area contributed by atoms with Crippen molar-refractivity contribution in [2.45, 2.75) is 25.8 Å². The van der Waals surface area contributed by atoms with Crippen LogP contribution in [0.4, 0.5) is 4.39 Å². The maximum atomic E-state index is 14.5. The second-order valence-electron chi connectivity index (χ2n) is 6.43. The van der Waals surface area contributed by atoms with Gasteiger partial charge in [-0.25, -0.2) is 4.39 Å². The Balaban J connectivity index is 1.91. The monoisotopic (exact) mass is 356 g/mol. The molecule has 0 saturated carbocycles. The molecule has 1 aromatic carbocycles.